The first-order valence-electron chi connectivity index (χ1n) is 11.4. The Morgan fingerprint density at radius 2 is 1.97 bits per heavy atom. The van der Waals surface area contributed by atoms with Crippen LogP contribution in [0.5, 0.6) is 5.75 Å². The van der Waals surface area contributed by atoms with Gasteiger partial charge in [-0.3, -0.25) is 4.98 Å². The minimum absolute atomic E-state index is 0.153. The largest absolute Gasteiger partial charge is 0.494 e. The van der Waals surface area contributed by atoms with Crippen molar-refractivity contribution in [1.29, 1.82) is 0 Å². The third kappa shape index (κ3) is 3.50. The van der Waals surface area contributed by atoms with Gasteiger partial charge in [-0.2, -0.15) is 0 Å². The lowest BCUT2D eigenvalue weighted by molar-refractivity contribution is 0.0696. The molecule has 7 heteroatoms. The highest BCUT2D eigenvalue weighted by Gasteiger charge is 2.27. The molecule has 0 bridgehead atoms. The van der Waals surface area contributed by atoms with Gasteiger partial charge in [0.2, 0.25) is 0 Å². The fraction of sp³-hybridized carbons (Fsp3) is 0.222. The average Bonchev–Trinajstić information content (AvgIpc) is 3.51. The smallest absolute Gasteiger partial charge is 0.335 e. The van der Waals surface area contributed by atoms with Gasteiger partial charge in [0.05, 0.1) is 30.4 Å². The van der Waals surface area contributed by atoms with Gasteiger partial charge in [0, 0.05) is 29.8 Å². The summed E-state index contributed by atoms with van der Waals surface area (Å²) in [5.74, 6) is 0.948. The maximum Gasteiger partial charge on any atom is 0.335 e. The molecule has 6 rings (SSSR count). The van der Waals surface area contributed by atoms with E-state index in [1.54, 1.807) is 25.4 Å². The topological polar surface area (TPSA) is 82.2 Å². The van der Waals surface area contributed by atoms with Crippen molar-refractivity contribution in [2.24, 2.45) is 5.92 Å². The Morgan fingerprint density at radius 3 is 2.71 bits per heavy atom. The number of pyridine rings is 1. The van der Waals surface area contributed by atoms with Crippen LogP contribution in [0, 0.1) is 5.92 Å². The molecule has 1 aliphatic carbocycles. The lowest BCUT2D eigenvalue weighted by Crippen LogP contribution is -2.08. The van der Waals surface area contributed by atoms with Crippen LogP contribution in [-0.4, -0.2) is 37.3 Å². The van der Waals surface area contributed by atoms with Crippen LogP contribution in [0.2, 0.25) is 0 Å². The van der Waals surface area contributed by atoms with Crippen molar-refractivity contribution in [3.63, 3.8) is 0 Å². The third-order valence-electron chi connectivity index (χ3n) is 6.51. The van der Waals surface area contributed by atoms with E-state index in [2.05, 4.69) is 38.4 Å². The Labute approximate surface area is 196 Å². The van der Waals surface area contributed by atoms with E-state index in [4.69, 9.17) is 9.72 Å². The van der Waals surface area contributed by atoms with Crippen LogP contribution in [-0.2, 0) is 13.1 Å². The molecule has 2 aromatic carbocycles. The lowest BCUT2D eigenvalue weighted by Gasteiger charge is -2.14. The predicted octanol–water partition coefficient (Wildman–Crippen LogP) is 5.22. The van der Waals surface area contributed by atoms with Gasteiger partial charge in [0.15, 0.2) is 5.82 Å². The molecule has 170 valence electrons. The van der Waals surface area contributed by atoms with Crippen molar-refractivity contribution < 1.29 is 14.6 Å². The van der Waals surface area contributed by atoms with Crippen molar-refractivity contribution in [3.05, 3.63) is 78.1 Å². The zero-order valence-electron chi connectivity index (χ0n) is 18.8. The van der Waals surface area contributed by atoms with Crippen LogP contribution in [0.3, 0.4) is 0 Å². The Morgan fingerprint density at radius 1 is 1.12 bits per heavy atom. The molecule has 34 heavy (non-hydrogen) atoms. The van der Waals surface area contributed by atoms with E-state index in [0.29, 0.717) is 23.7 Å². The predicted molar refractivity (Wildman–Crippen MR) is 130 cm³/mol. The zero-order valence-corrected chi connectivity index (χ0v) is 18.8. The fourth-order valence-corrected chi connectivity index (χ4v) is 4.68. The molecule has 7 nitrogen and oxygen atoms in total. The third-order valence-corrected chi connectivity index (χ3v) is 6.51. The number of imidazole rings is 1. The van der Waals surface area contributed by atoms with Gasteiger partial charge in [-0.05, 0) is 54.7 Å². The highest BCUT2D eigenvalue weighted by Crippen LogP contribution is 2.38. The first-order valence-corrected chi connectivity index (χ1v) is 11.4. The second-order valence-corrected chi connectivity index (χ2v) is 8.88. The van der Waals surface area contributed by atoms with E-state index in [0.717, 1.165) is 34.5 Å². The molecule has 0 spiro atoms. The fourth-order valence-electron chi connectivity index (χ4n) is 4.68. The van der Waals surface area contributed by atoms with Gasteiger partial charge in [-0.1, -0.05) is 24.3 Å². The maximum atomic E-state index is 11.8. The van der Waals surface area contributed by atoms with Crippen LogP contribution in [0.25, 0.3) is 33.5 Å². The van der Waals surface area contributed by atoms with Crippen molar-refractivity contribution >= 4 is 27.9 Å². The normalized spacial score (nSPS) is 13.6. The van der Waals surface area contributed by atoms with Crippen molar-refractivity contribution in [2.75, 3.05) is 7.11 Å². The summed E-state index contributed by atoms with van der Waals surface area (Å²) >= 11 is 0. The second-order valence-electron chi connectivity index (χ2n) is 8.88. The van der Waals surface area contributed by atoms with E-state index in [1.807, 2.05) is 24.4 Å². The van der Waals surface area contributed by atoms with Crippen LogP contribution < -0.4 is 4.74 Å². The molecule has 1 aliphatic rings. The number of methoxy groups -OCH3 is 1. The summed E-state index contributed by atoms with van der Waals surface area (Å²) in [6, 6.07) is 17.7. The molecule has 0 amide bonds. The molecule has 1 saturated carbocycles. The minimum atomic E-state index is -1.01. The summed E-state index contributed by atoms with van der Waals surface area (Å²) in [6.45, 7) is 1.48. The van der Waals surface area contributed by atoms with Gasteiger partial charge >= 0.3 is 5.97 Å². The zero-order chi connectivity index (χ0) is 23.2. The van der Waals surface area contributed by atoms with E-state index < -0.39 is 5.97 Å². The summed E-state index contributed by atoms with van der Waals surface area (Å²) in [7, 11) is 1.56. The number of fused-ring (bicyclic) bond motifs is 2. The Balaban J connectivity index is 1.64. The first-order chi connectivity index (χ1) is 16.6. The number of aromatic nitrogens is 4. The highest BCUT2D eigenvalue weighted by atomic mass is 16.5. The van der Waals surface area contributed by atoms with Gasteiger partial charge in [-0.25, -0.2) is 9.78 Å². The molecular formula is C27H24N4O3. The summed E-state index contributed by atoms with van der Waals surface area (Å²) in [6.07, 6.45) is 6.08. The number of benzene rings is 2. The number of para-hydroxylation sites is 1. The lowest BCUT2D eigenvalue weighted by atomic mass is 10.1. The van der Waals surface area contributed by atoms with Crippen LogP contribution in [0.4, 0.5) is 0 Å². The van der Waals surface area contributed by atoms with Gasteiger partial charge < -0.3 is 19.0 Å². The quantitative estimate of drug-likeness (QED) is 0.366. The van der Waals surface area contributed by atoms with E-state index in [9.17, 15) is 9.90 Å². The van der Waals surface area contributed by atoms with E-state index >= 15 is 0 Å². The Bertz CT molecular complexity index is 1530. The van der Waals surface area contributed by atoms with Crippen molar-refractivity contribution in [1.82, 2.24) is 19.1 Å². The van der Waals surface area contributed by atoms with Gasteiger partial charge in [0.1, 0.15) is 11.3 Å². The van der Waals surface area contributed by atoms with E-state index in [-0.39, 0.29) is 5.56 Å². The number of rotatable bonds is 7. The monoisotopic (exact) mass is 452 g/mol. The molecular weight excluding hydrogens is 428 g/mol. The Hall–Kier alpha value is -4.13. The number of carboxylic acid groups (broad SMARTS) is 1. The second kappa shape index (κ2) is 8.02. The molecule has 3 heterocycles. The Kier molecular flexibility index (Phi) is 4.83. The summed E-state index contributed by atoms with van der Waals surface area (Å²) in [4.78, 5) is 21.0. The molecule has 3 aromatic heterocycles. The molecule has 1 N–H and O–H groups in total. The minimum Gasteiger partial charge on any atom is -0.494 e. The average molecular weight is 453 g/mol. The number of hydrogen-bond acceptors (Lipinski definition) is 4. The molecule has 0 unspecified atom stereocenters. The van der Waals surface area contributed by atoms with Crippen LogP contribution >= 0.6 is 0 Å². The number of hydrogen-bond donors (Lipinski definition) is 1. The van der Waals surface area contributed by atoms with Crippen LogP contribution in [0.15, 0.2) is 67.0 Å². The van der Waals surface area contributed by atoms with E-state index in [1.165, 1.54) is 18.4 Å². The number of nitrogens with zero attached hydrogens (tertiary/aromatic N) is 4. The van der Waals surface area contributed by atoms with Gasteiger partial charge in [-0.15, -0.1) is 0 Å². The van der Waals surface area contributed by atoms with Crippen LogP contribution in [0.1, 0.15) is 28.8 Å². The number of carbonyl (C=O) groups is 1. The molecule has 0 atom stereocenters. The summed E-state index contributed by atoms with van der Waals surface area (Å²) in [5.41, 5.74) is 4.75. The standard InChI is InChI=1S/C27H24N4O3/c1-34-24-13-20(27(32)33)11-21-25(24)31(16-18-5-4-10-28-14-18)26(29-21)23-12-19-6-2-3-7-22(19)30(23)15-17-8-9-17/h2-7,10-14,17H,8-9,15-16H2,1H3,(H,32,33). The maximum absolute atomic E-state index is 11.8. The summed E-state index contributed by atoms with van der Waals surface area (Å²) in [5, 5.41) is 10.8. The number of carboxylic acids is 1. The van der Waals surface area contributed by atoms with Gasteiger partial charge in [0.25, 0.3) is 0 Å². The SMILES string of the molecule is COc1cc(C(=O)O)cc2nc(-c3cc4ccccc4n3CC3CC3)n(Cc3cccnc3)c12. The van der Waals surface area contributed by atoms with Crippen molar-refractivity contribution in [2.45, 2.75) is 25.9 Å². The molecule has 0 radical (unpaired) electrons. The molecule has 0 saturated heterocycles. The first kappa shape index (κ1) is 20.5. The van der Waals surface area contributed by atoms with Crippen molar-refractivity contribution in [3.8, 4) is 17.3 Å². The highest BCUT2D eigenvalue weighted by molar-refractivity contribution is 5.97. The number of aromatic carboxylic acids is 1. The number of ether oxygens (including phenoxy) is 1. The molecule has 0 aliphatic heterocycles. The summed E-state index contributed by atoms with van der Waals surface area (Å²) < 4.78 is 10.1. The molecule has 5 aromatic rings. The molecule has 1 fully saturated rings.